The molecule has 100 valence electrons. The van der Waals surface area contributed by atoms with Crippen molar-refractivity contribution >= 4 is 17.5 Å². The van der Waals surface area contributed by atoms with Gasteiger partial charge in [0.05, 0.1) is 5.41 Å². The molecule has 4 heteroatoms. The number of para-hydroxylation sites is 1. The molecule has 0 spiro atoms. The van der Waals surface area contributed by atoms with Crippen LogP contribution in [0.5, 0.6) is 0 Å². The third-order valence-corrected chi connectivity index (χ3v) is 3.39. The molecule has 0 fully saturated rings. The van der Waals surface area contributed by atoms with Crippen LogP contribution in [0.2, 0.25) is 0 Å². The van der Waals surface area contributed by atoms with E-state index in [1.165, 1.54) is 0 Å². The quantitative estimate of drug-likeness (QED) is 0.834. The van der Waals surface area contributed by atoms with Crippen molar-refractivity contribution in [1.29, 1.82) is 0 Å². The van der Waals surface area contributed by atoms with Gasteiger partial charge in [-0.15, -0.1) is 6.58 Å². The molecule has 0 unspecified atom stereocenters. The predicted octanol–water partition coefficient (Wildman–Crippen LogP) is 1.61. The molecule has 1 aliphatic heterocycles. The SMILES string of the molecule is C=CCNC(=O)CN1C(=O)C(C)(C)c2ccccc21. The van der Waals surface area contributed by atoms with Gasteiger partial charge in [0.25, 0.3) is 0 Å². The van der Waals surface area contributed by atoms with Crippen LogP contribution in [-0.4, -0.2) is 24.9 Å². The second-order valence-corrected chi connectivity index (χ2v) is 5.13. The number of carbonyl (C=O) groups is 2. The molecule has 0 saturated heterocycles. The predicted molar refractivity (Wildman–Crippen MR) is 75.0 cm³/mol. The van der Waals surface area contributed by atoms with Gasteiger partial charge in [-0.2, -0.15) is 0 Å². The summed E-state index contributed by atoms with van der Waals surface area (Å²) in [6.45, 7) is 7.77. The zero-order valence-corrected chi connectivity index (χ0v) is 11.3. The van der Waals surface area contributed by atoms with E-state index in [2.05, 4.69) is 11.9 Å². The zero-order valence-electron chi connectivity index (χ0n) is 11.3. The Morgan fingerprint density at radius 2 is 2.11 bits per heavy atom. The van der Waals surface area contributed by atoms with Crippen LogP contribution in [0, 0.1) is 0 Å². The number of hydrogen-bond acceptors (Lipinski definition) is 2. The number of carbonyl (C=O) groups excluding carboxylic acids is 2. The van der Waals surface area contributed by atoms with E-state index in [-0.39, 0.29) is 18.4 Å². The molecule has 1 aliphatic rings. The molecule has 0 aliphatic carbocycles. The maximum absolute atomic E-state index is 12.4. The first-order valence-corrected chi connectivity index (χ1v) is 6.27. The smallest absolute Gasteiger partial charge is 0.240 e. The lowest BCUT2D eigenvalue weighted by Gasteiger charge is -2.19. The molecule has 0 aromatic heterocycles. The van der Waals surface area contributed by atoms with Crippen molar-refractivity contribution in [3.8, 4) is 0 Å². The van der Waals surface area contributed by atoms with Gasteiger partial charge in [-0.3, -0.25) is 9.59 Å². The fourth-order valence-electron chi connectivity index (χ4n) is 2.34. The van der Waals surface area contributed by atoms with Gasteiger partial charge in [-0.05, 0) is 25.5 Å². The molecule has 1 aromatic carbocycles. The molecule has 19 heavy (non-hydrogen) atoms. The van der Waals surface area contributed by atoms with Crippen molar-refractivity contribution < 1.29 is 9.59 Å². The van der Waals surface area contributed by atoms with Crippen molar-refractivity contribution in [3.63, 3.8) is 0 Å². The normalized spacial score (nSPS) is 16.1. The summed E-state index contributed by atoms with van der Waals surface area (Å²) in [6, 6.07) is 7.61. The molecule has 1 N–H and O–H groups in total. The summed E-state index contributed by atoms with van der Waals surface area (Å²) in [5.74, 6) is -0.219. The standard InChI is InChI=1S/C15H18N2O2/c1-4-9-16-13(18)10-17-12-8-6-5-7-11(12)15(2,3)14(17)19/h4-8H,1,9-10H2,2-3H3,(H,16,18). The molecule has 0 bridgehead atoms. The van der Waals surface area contributed by atoms with Crippen molar-refractivity contribution in [2.75, 3.05) is 18.0 Å². The van der Waals surface area contributed by atoms with E-state index >= 15 is 0 Å². The van der Waals surface area contributed by atoms with Crippen LogP contribution in [0.1, 0.15) is 19.4 Å². The molecule has 2 rings (SSSR count). The van der Waals surface area contributed by atoms with Crippen LogP contribution in [0.3, 0.4) is 0 Å². The lowest BCUT2D eigenvalue weighted by Crippen LogP contribution is -2.42. The lowest BCUT2D eigenvalue weighted by atomic mass is 9.86. The monoisotopic (exact) mass is 258 g/mol. The van der Waals surface area contributed by atoms with Crippen LogP contribution in [0.4, 0.5) is 5.69 Å². The molecular formula is C15H18N2O2. The molecule has 0 atom stereocenters. The molecule has 1 aromatic rings. The highest BCUT2D eigenvalue weighted by molar-refractivity contribution is 6.10. The van der Waals surface area contributed by atoms with Gasteiger partial charge >= 0.3 is 0 Å². The summed E-state index contributed by atoms with van der Waals surface area (Å²) in [5.41, 5.74) is 1.22. The van der Waals surface area contributed by atoms with E-state index in [1.807, 2.05) is 38.1 Å². The van der Waals surface area contributed by atoms with E-state index in [0.29, 0.717) is 6.54 Å². The Kier molecular flexibility index (Phi) is 3.42. The number of fused-ring (bicyclic) bond motifs is 1. The van der Waals surface area contributed by atoms with Crippen molar-refractivity contribution in [1.82, 2.24) is 5.32 Å². The van der Waals surface area contributed by atoms with Crippen LogP contribution in [-0.2, 0) is 15.0 Å². The molecule has 1 heterocycles. The maximum atomic E-state index is 12.4. The number of benzene rings is 1. The first kappa shape index (κ1) is 13.3. The molecule has 4 nitrogen and oxygen atoms in total. The van der Waals surface area contributed by atoms with Crippen molar-refractivity contribution in [2.45, 2.75) is 19.3 Å². The minimum Gasteiger partial charge on any atom is -0.351 e. The second kappa shape index (κ2) is 4.88. The Hall–Kier alpha value is -2.10. The minimum atomic E-state index is -0.574. The Balaban J connectivity index is 2.25. The van der Waals surface area contributed by atoms with Gasteiger partial charge in [0, 0.05) is 12.2 Å². The maximum Gasteiger partial charge on any atom is 0.240 e. The third kappa shape index (κ3) is 2.26. The Labute approximate surface area is 113 Å². The van der Waals surface area contributed by atoms with Gasteiger partial charge in [-0.1, -0.05) is 24.3 Å². The average molecular weight is 258 g/mol. The summed E-state index contributed by atoms with van der Waals surface area (Å²) >= 11 is 0. The van der Waals surface area contributed by atoms with E-state index in [0.717, 1.165) is 11.3 Å². The highest BCUT2D eigenvalue weighted by Crippen LogP contribution is 2.40. The van der Waals surface area contributed by atoms with Crippen LogP contribution in [0.15, 0.2) is 36.9 Å². The van der Waals surface area contributed by atoms with Gasteiger partial charge in [-0.25, -0.2) is 0 Å². The van der Waals surface area contributed by atoms with Crippen molar-refractivity contribution in [3.05, 3.63) is 42.5 Å². The zero-order chi connectivity index (χ0) is 14.0. The van der Waals surface area contributed by atoms with Crippen molar-refractivity contribution in [2.24, 2.45) is 0 Å². The van der Waals surface area contributed by atoms with Gasteiger partial charge < -0.3 is 10.2 Å². The topological polar surface area (TPSA) is 49.4 Å². The highest BCUT2D eigenvalue weighted by atomic mass is 16.2. The Morgan fingerprint density at radius 3 is 2.79 bits per heavy atom. The van der Waals surface area contributed by atoms with E-state index in [4.69, 9.17) is 0 Å². The minimum absolute atomic E-state index is 0.0394. The van der Waals surface area contributed by atoms with Crippen LogP contribution < -0.4 is 10.2 Å². The lowest BCUT2D eigenvalue weighted by molar-refractivity contribution is -0.125. The Morgan fingerprint density at radius 1 is 1.42 bits per heavy atom. The summed E-state index contributed by atoms with van der Waals surface area (Å²) in [7, 11) is 0. The highest BCUT2D eigenvalue weighted by Gasteiger charge is 2.43. The summed E-state index contributed by atoms with van der Waals surface area (Å²) < 4.78 is 0. The van der Waals surface area contributed by atoms with Gasteiger partial charge in [0.1, 0.15) is 6.54 Å². The van der Waals surface area contributed by atoms with E-state index in [9.17, 15) is 9.59 Å². The summed E-state index contributed by atoms with van der Waals surface area (Å²) in [5, 5.41) is 2.69. The number of nitrogens with zero attached hydrogens (tertiary/aromatic N) is 1. The van der Waals surface area contributed by atoms with E-state index in [1.54, 1.807) is 11.0 Å². The number of nitrogens with one attached hydrogen (secondary N) is 1. The van der Waals surface area contributed by atoms with Gasteiger partial charge in [0.2, 0.25) is 11.8 Å². The summed E-state index contributed by atoms with van der Waals surface area (Å²) in [4.78, 5) is 25.7. The van der Waals surface area contributed by atoms with E-state index < -0.39 is 5.41 Å². The molecule has 0 radical (unpaired) electrons. The Bertz CT molecular complexity index is 535. The fourth-order valence-corrected chi connectivity index (χ4v) is 2.34. The average Bonchev–Trinajstić information content (AvgIpc) is 2.58. The van der Waals surface area contributed by atoms with Gasteiger partial charge in [0.15, 0.2) is 0 Å². The van der Waals surface area contributed by atoms with Crippen LogP contribution in [0.25, 0.3) is 0 Å². The largest absolute Gasteiger partial charge is 0.351 e. The third-order valence-electron chi connectivity index (χ3n) is 3.39. The summed E-state index contributed by atoms with van der Waals surface area (Å²) in [6.07, 6.45) is 1.61. The number of hydrogen-bond donors (Lipinski definition) is 1. The second-order valence-electron chi connectivity index (χ2n) is 5.13. The number of rotatable bonds is 4. The number of amides is 2. The fraction of sp³-hybridized carbons (Fsp3) is 0.333. The van der Waals surface area contributed by atoms with Crippen LogP contribution >= 0.6 is 0 Å². The molecular weight excluding hydrogens is 240 g/mol. The molecule has 0 saturated carbocycles. The first-order valence-electron chi connectivity index (χ1n) is 6.27. The number of anilines is 1. The first-order chi connectivity index (χ1) is 8.98. The molecule has 2 amide bonds.